The van der Waals surface area contributed by atoms with Crippen molar-refractivity contribution in [2.45, 2.75) is 19.5 Å². The van der Waals surface area contributed by atoms with Crippen LogP contribution in [0.2, 0.25) is 0 Å². The van der Waals surface area contributed by atoms with Crippen LogP contribution in [0.5, 0.6) is 0 Å². The van der Waals surface area contributed by atoms with Crippen LogP contribution in [-0.4, -0.2) is 12.8 Å². The van der Waals surface area contributed by atoms with E-state index in [2.05, 4.69) is 11.3 Å². The Balaban J connectivity index is 4.31. The minimum absolute atomic E-state index is 0.0164. The largest absolute Gasteiger partial charge is 0.489 e. The lowest BCUT2D eigenvalue weighted by molar-refractivity contribution is -0.130. The molecule has 0 rings (SSSR count). The van der Waals surface area contributed by atoms with Crippen LogP contribution in [0.4, 0.5) is 13.2 Å². The highest BCUT2D eigenvalue weighted by atomic mass is 19.4. The summed E-state index contributed by atoms with van der Waals surface area (Å²) in [4.78, 5) is 0. The second-order valence-corrected chi connectivity index (χ2v) is 2.02. The third-order valence-corrected chi connectivity index (χ3v) is 1.05. The van der Waals surface area contributed by atoms with Gasteiger partial charge in [-0.3, -0.25) is 0 Å². The Morgan fingerprint density at radius 2 is 2.08 bits per heavy atom. The normalized spacial score (nSPS) is 12.8. The first-order chi connectivity index (χ1) is 5.52. The lowest BCUT2D eigenvalue weighted by Gasteiger charge is -2.11. The van der Waals surface area contributed by atoms with Crippen molar-refractivity contribution in [2.75, 3.05) is 6.61 Å². The zero-order valence-corrected chi connectivity index (χ0v) is 6.82. The molecule has 0 aliphatic rings. The van der Waals surface area contributed by atoms with Crippen molar-refractivity contribution < 1.29 is 17.9 Å². The molecule has 0 aromatic rings. The topological polar surface area (TPSA) is 9.23 Å². The molecule has 0 spiro atoms. The van der Waals surface area contributed by atoms with Crippen LogP contribution in [0.25, 0.3) is 0 Å². The van der Waals surface area contributed by atoms with E-state index in [0.29, 0.717) is 0 Å². The smallest absolute Gasteiger partial charge is 0.448 e. The Morgan fingerprint density at radius 1 is 1.50 bits per heavy atom. The fourth-order valence-corrected chi connectivity index (χ4v) is 0.602. The SMILES string of the molecule is C=CC/C=C(\OCC)C(F)(F)F. The highest BCUT2D eigenvalue weighted by molar-refractivity contribution is 5.02. The van der Waals surface area contributed by atoms with Gasteiger partial charge in [0.25, 0.3) is 0 Å². The van der Waals surface area contributed by atoms with Crippen molar-refractivity contribution in [1.29, 1.82) is 0 Å². The number of hydrogen-bond donors (Lipinski definition) is 0. The van der Waals surface area contributed by atoms with Crippen molar-refractivity contribution in [1.82, 2.24) is 0 Å². The van der Waals surface area contributed by atoms with Crippen LogP contribution >= 0.6 is 0 Å². The Hall–Kier alpha value is -0.930. The highest BCUT2D eigenvalue weighted by Crippen LogP contribution is 2.26. The Labute approximate surface area is 69.5 Å². The van der Waals surface area contributed by atoms with E-state index >= 15 is 0 Å². The standard InChI is InChI=1S/C8H11F3O/c1-3-5-6-7(12-4-2)8(9,10)11/h3,6H,1,4-5H2,2H3/b7-6-. The summed E-state index contributed by atoms with van der Waals surface area (Å²) in [5.74, 6) is -0.940. The van der Waals surface area contributed by atoms with Crippen LogP contribution < -0.4 is 0 Å². The van der Waals surface area contributed by atoms with Gasteiger partial charge in [0.05, 0.1) is 6.61 Å². The van der Waals surface area contributed by atoms with Gasteiger partial charge in [0.1, 0.15) is 0 Å². The molecule has 0 aliphatic carbocycles. The Kier molecular flexibility index (Phi) is 4.47. The molecule has 70 valence electrons. The summed E-state index contributed by atoms with van der Waals surface area (Å²) in [7, 11) is 0. The predicted molar refractivity (Wildman–Crippen MR) is 40.6 cm³/mol. The van der Waals surface area contributed by atoms with E-state index in [1.54, 1.807) is 0 Å². The number of rotatable bonds is 4. The number of allylic oxidation sites excluding steroid dienone is 3. The average molecular weight is 180 g/mol. The van der Waals surface area contributed by atoms with Gasteiger partial charge in [-0.1, -0.05) is 6.08 Å². The van der Waals surface area contributed by atoms with Crippen molar-refractivity contribution in [3.05, 3.63) is 24.5 Å². The highest BCUT2D eigenvalue weighted by Gasteiger charge is 2.35. The summed E-state index contributed by atoms with van der Waals surface area (Å²) in [6.45, 7) is 4.83. The van der Waals surface area contributed by atoms with Crippen LogP contribution in [-0.2, 0) is 4.74 Å². The maximum absolute atomic E-state index is 12.0. The molecule has 0 saturated heterocycles. The van der Waals surface area contributed by atoms with Gasteiger partial charge >= 0.3 is 6.18 Å². The molecule has 0 aliphatic heterocycles. The number of halogens is 3. The molecule has 0 unspecified atom stereocenters. The van der Waals surface area contributed by atoms with Crippen LogP contribution in [0.3, 0.4) is 0 Å². The van der Waals surface area contributed by atoms with Gasteiger partial charge in [-0.2, -0.15) is 13.2 Å². The molecule has 0 atom stereocenters. The van der Waals surface area contributed by atoms with E-state index < -0.39 is 11.9 Å². The van der Waals surface area contributed by atoms with Gasteiger partial charge in [-0.15, -0.1) is 6.58 Å². The monoisotopic (exact) mass is 180 g/mol. The minimum Gasteiger partial charge on any atom is -0.489 e. The third-order valence-electron chi connectivity index (χ3n) is 1.05. The summed E-state index contributed by atoms with van der Waals surface area (Å²) >= 11 is 0. The van der Waals surface area contributed by atoms with E-state index in [1.165, 1.54) is 13.0 Å². The number of hydrogen-bond acceptors (Lipinski definition) is 1. The van der Waals surface area contributed by atoms with E-state index in [-0.39, 0.29) is 13.0 Å². The van der Waals surface area contributed by atoms with Gasteiger partial charge in [0.2, 0.25) is 0 Å². The fourth-order valence-electron chi connectivity index (χ4n) is 0.602. The first kappa shape index (κ1) is 11.1. The van der Waals surface area contributed by atoms with Gasteiger partial charge < -0.3 is 4.74 Å². The maximum atomic E-state index is 12.0. The molecule has 0 N–H and O–H groups in total. The zero-order chi connectivity index (χ0) is 9.61. The lowest BCUT2D eigenvalue weighted by atomic mass is 10.3. The van der Waals surface area contributed by atoms with Crippen LogP contribution in [0.15, 0.2) is 24.5 Å². The minimum atomic E-state index is -4.39. The molecule has 0 heterocycles. The summed E-state index contributed by atoms with van der Waals surface area (Å²) in [6, 6.07) is 0. The molecule has 0 aromatic carbocycles. The number of alkyl halides is 3. The van der Waals surface area contributed by atoms with Gasteiger partial charge in [0.15, 0.2) is 5.76 Å². The molecule has 4 heteroatoms. The third kappa shape index (κ3) is 4.05. The molecule has 0 aromatic heterocycles. The van der Waals surface area contributed by atoms with Gasteiger partial charge in [0, 0.05) is 0 Å². The van der Waals surface area contributed by atoms with Crippen molar-refractivity contribution in [3.8, 4) is 0 Å². The van der Waals surface area contributed by atoms with E-state index in [9.17, 15) is 13.2 Å². The van der Waals surface area contributed by atoms with Crippen molar-refractivity contribution in [3.63, 3.8) is 0 Å². The van der Waals surface area contributed by atoms with E-state index in [1.807, 2.05) is 0 Å². The first-order valence-corrected chi connectivity index (χ1v) is 3.53. The number of ether oxygens (including phenoxy) is 1. The average Bonchev–Trinajstić information content (AvgIpc) is 1.95. The van der Waals surface area contributed by atoms with Gasteiger partial charge in [-0.05, 0) is 19.4 Å². The molecule has 0 amide bonds. The summed E-state index contributed by atoms with van der Waals surface area (Å²) < 4.78 is 40.4. The molecule has 0 radical (unpaired) electrons. The second-order valence-electron chi connectivity index (χ2n) is 2.02. The molecule has 0 saturated carbocycles. The van der Waals surface area contributed by atoms with E-state index in [4.69, 9.17) is 0 Å². The predicted octanol–water partition coefficient (Wildman–Crippen LogP) is 3.05. The van der Waals surface area contributed by atoms with Crippen molar-refractivity contribution >= 4 is 0 Å². The molecular formula is C8H11F3O. The van der Waals surface area contributed by atoms with Crippen LogP contribution in [0, 0.1) is 0 Å². The van der Waals surface area contributed by atoms with Gasteiger partial charge in [-0.25, -0.2) is 0 Å². The maximum Gasteiger partial charge on any atom is 0.448 e. The van der Waals surface area contributed by atoms with Crippen molar-refractivity contribution in [2.24, 2.45) is 0 Å². The molecule has 0 bridgehead atoms. The zero-order valence-electron chi connectivity index (χ0n) is 6.82. The molecule has 1 nitrogen and oxygen atoms in total. The summed E-state index contributed by atoms with van der Waals surface area (Å²) in [6.07, 6.45) is -1.88. The lowest BCUT2D eigenvalue weighted by Crippen LogP contribution is -2.14. The second kappa shape index (κ2) is 4.85. The summed E-state index contributed by atoms with van der Waals surface area (Å²) in [5, 5.41) is 0. The van der Waals surface area contributed by atoms with E-state index in [0.717, 1.165) is 6.08 Å². The molecule has 0 fully saturated rings. The first-order valence-electron chi connectivity index (χ1n) is 3.53. The Bertz CT molecular complexity index is 170. The Morgan fingerprint density at radius 3 is 2.42 bits per heavy atom. The fraction of sp³-hybridized carbons (Fsp3) is 0.500. The van der Waals surface area contributed by atoms with Crippen LogP contribution in [0.1, 0.15) is 13.3 Å². The quantitative estimate of drug-likeness (QED) is 0.477. The molecular weight excluding hydrogens is 169 g/mol. The summed E-state index contributed by atoms with van der Waals surface area (Å²) in [5.41, 5.74) is 0. The molecule has 12 heavy (non-hydrogen) atoms.